The molecule has 1 aliphatic rings. The second-order valence-electron chi connectivity index (χ2n) is 3.58. The van der Waals surface area contributed by atoms with Crippen LogP contribution in [0.15, 0.2) is 12.1 Å². The lowest BCUT2D eigenvalue weighted by molar-refractivity contribution is 0.766. The van der Waals surface area contributed by atoms with Crippen LogP contribution < -0.4 is 11.1 Å². The summed E-state index contributed by atoms with van der Waals surface area (Å²) in [6, 6.07) is 3.60. The van der Waals surface area contributed by atoms with Crippen LogP contribution in [-0.4, -0.2) is 13.1 Å². The molecule has 1 fully saturated rings. The average Bonchev–Trinajstić information content (AvgIpc) is 2.63. The first-order valence-corrected chi connectivity index (χ1v) is 5.39. The summed E-state index contributed by atoms with van der Waals surface area (Å²) < 4.78 is 0. The molecule has 1 aromatic carbocycles. The maximum absolute atomic E-state index is 5.97. The second-order valence-corrected chi connectivity index (χ2v) is 4.42. The molecule has 76 valence electrons. The van der Waals surface area contributed by atoms with Crippen molar-refractivity contribution in [1.29, 1.82) is 0 Å². The Kier molecular flexibility index (Phi) is 2.86. The van der Waals surface area contributed by atoms with Gasteiger partial charge in [0.1, 0.15) is 0 Å². The van der Waals surface area contributed by atoms with Gasteiger partial charge in [0.2, 0.25) is 0 Å². The number of nitrogens with one attached hydrogen (secondary N) is 1. The third-order valence-corrected chi connectivity index (χ3v) is 3.16. The molecule has 0 bridgehead atoms. The molecule has 2 nitrogen and oxygen atoms in total. The van der Waals surface area contributed by atoms with E-state index in [1.54, 1.807) is 6.07 Å². The first kappa shape index (κ1) is 10.1. The van der Waals surface area contributed by atoms with Crippen LogP contribution in [0.4, 0.5) is 5.69 Å². The van der Waals surface area contributed by atoms with Crippen LogP contribution >= 0.6 is 23.2 Å². The highest BCUT2D eigenvalue weighted by Crippen LogP contribution is 2.34. The molecular formula is C10H12Cl2N2. The Balaban J connectivity index is 2.40. The summed E-state index contributed by atoms with van der Waals surface area (Å²) in [6.07, 6.45) is 1.10. The van der Waals surface area contributed by atoms with Gasteiger partial charge in [-0.2, -0.15) is 0 Å². The first-order chi connectivity index (χ1) is 6.68. The molecule has 0 aromatic heterocycles. The van der Waals surface area contributed by atoms with Crippen LogP contribution in [0, 0.1) is 0 Å². The number of nitrogens with two attached hydrogens (primary N) is 1. The SMILES string of the molecule is Nc1c(Cl)cc(Cl)cc1C1CCNC1. The zero-order chi connectivity index (χ0) is 10.1. The van der Waals surface area contributed by atoms with Crippen molar-refractivity contribution in [2.75, 3.05) is 18.8 Å². The van der Waals surface area contributed by atoms with E-state index in [9.17, 15) is 0 Å². The van der Waals surface area contributed by atoms with Gasteiger partial charge in [-0.25, -0.2) is 0 Å². The molecule has 0 amide bonds. The summed E-state index contributed by atoms with van der Waals surface area (Å²) in [5, 5.41) is 4.51. The van der Waals surface area contributed by atoms with Crippen molar-refractivity contribution < 1.29 is 0 Å². The number of hydrogen-bond donors (Lipinski definition) is 2. The zero-order valence-electron chi connectivity index (χ0n) is 7.69. The van der Waals surface area contributed by atoms with E-state index < -0.39 is 0 Å². The molecule has 0 spiro atoms. The maximum atomic E-state index is 5.97. The minimum absolute atomic E-state index is 0.450. The minimum Gasteiger partial charge on any atom is -0.397 e. The van der Waals surface area contributed by atoms with Crippen molar-refractivity contribution in [3.05, 3.63) is 27.7 Å². The van der Waals surface area contributed by atoms with Crippen molar-refractivity contribution in [3.63, 3.8) is 0 Å². The summed E-state index contributed by atoms with van der Waals surface area (Å²) in [4.78, 5) is 0. The van der Waals surface area contributed by atoms with Gasteiger partial charge in [0.25, 0.3) is 0 Å². The van der Waals surface area contributed by atoms with Crippen molar-refractivity contribution in [2.45, 2.75) is 12.3 Å². The van der Waals surface area contributed by atoms with Crippen molar-refractivity contribution in [2.24, 2.45) is 0 Å². The molecule has 1 heterocycles. The Bertz CT molecular complexity index is 346. The molecule has 2 rings (SSSR count). The van der Waals surface area contributed by atoms with Crippen molar-refractivity contribution >= 4 is 28.9 Å². The Morgan fingerprint density at radius 2 is 2.14 bits per heavy atom. The molecule has 1 aromatic rings. The van der Waals surface area contributed by atoms with E-state index in [1.807, 2.05) is 6.07 Å². The highest BCUT2D eigenvalue weighted by molar-refractivity contribution is 6.36. The van der Waals surface area contributed by atoms with Crippen LogP contribution in [-0.2, 0) is 0 Å². The van der Waals surface area contributed by atoms with E-state index in [0.29, 0.717) is 21.7 Å². The largest absolute Gasteiger partial charge is 0.397 e. The number of anilines is 1. The van der Waals surface area contributed by atoms with Crippen LogP contribution in [0.25, 0.3) is 0 Å². The summed E-state index contributed by atoms with van der Waals surface area (Å²) in [7, 11) is 0. The predicted molar refractivity (Wildman–Crippen MR) is 61.1 cm³/mol. The molecule has 1 unspecified atom stereocenters. The topological polar surface area (TPSA) is 38.0 Å². The number of hydrogen-bond acceptors (Lipinski definition) is 2. The fraction of sp³-hybridized carbons (Fsp3) is 0.400. The van der Waals surface area contributed by atoms with Crippen LogP contribution in [0.1, 0.15) is 17.9 Å². The summed E-state index contributed by atoms with van der Waals surface area (Å²) >= 11 is 11.9. The molecule has 3 N–H and O–H groups in total. The Hall–Kier alpha value is -0.440. The van der Waals surface area contributed by atoms with E-state index >= 15 is 0 Å². The van der Waals surface area contributed by atoms with E-state index in [2.05, 4.69) is 5.32 Å². The molecular weight excluding hydrogens is 219 g/mol. The van der Waals surface area contributed by atoms with Crippen LogP contribution in [0.3, 0.4) is 0 Å². The third kappa shape index (κ3) is 1.83. The number of rotatable bonds is 1. The lowest BCUT2D eigenvalue weighted by Crippen LogP contribution is -2.09. The van der Waals surface area contributed by atoms with Crippen LogP contribution in [0.5, 0.6) is 0 Å². The van der Waals surface area contributed by atoms with Gasteiger partial charge < -0.3 is 11.1 Å². The lowest BCUT2D eigenvalue weighted by atomic mass is 9.97. The summed E-state index contributed by atoms with van der Waals surface area (Å²) in [5.41, 5.74) is 7.66. The van der Waals surface area contributed by atoms with Crippen molar-refractivity contribution in [3.8, 4) is 0 Å². The fourth-order valence-electron chi connectivity index (χ4n) is 1.86. The lowest BCUT2D eigenvalue weighted by Gasteiger charge is -2.13. The molecule has 4 heteroatoms. The highest BCUT2D eigenvalue weighted by Gasteiger charge is 2.20. The van der Waals surface area contributed by atoms with Crippen LogP contribution in [0.2, 0.25) is 10.0 Å². The fourth-order valence-corrected chi connectivity index (χ4v) is 2.37. The Morgan fingerprint density at radius 1 is 1.36 bits per heavy atom. The highest BCUT2D eigenvalue weighted by atomic mass is 35.5. The van der Waals surface area contributed by atoms with E-state index in [0.717, 1.165) is 25.1 Å². The van der Waals surface area contributed by atoms with Gasteiger partial charge in [0.15, 0.2) is 0 Å². The van der Waals surface area contributed by atoms with Crippen molar-refractivity contribution in [1.82, 2.24) is 5.32 Å². The molecule has 0 aliphatic carbocycles. The predicted octanol–water partition coefficient (Wildman–Crippen LogP) is 2.65. The molecule has 1 saturated heterocycles. The van der Waals surface area contributed by atoms with Gasteiger partial charge in [0.05, 0.1) is 10.7 Å². The summed E-state index contributed by atoms with van der Waals surface area (Å²) in [5.74, 6) is 0.450. The zero-order valence-corrected chi connectivity index (χ0v) is 9.20. The van der Waals surface area contributed by atoms with E-state index in [1.165, 1.54) is 0 Å². The smallest absolute Gasteiger partial charge is 0.0653 e. The normalized spacial score (nSPS) is 21.4. The van der Waals surface area contributed by atoms with Gasteiger partial charge in [-0.3, -0.25) is 0 Å². The maximum Gasteiger partial charge on any atom is 0.0653 e. The summed E-state index contributed by atoms with van der Waals surface area (Å²) in [6.45, 7) is 2.00. The van der Waals surface area contributed by atoms with Gasteiger partial charge >= 0.3 is 0 Å². The standard InChI is InChI=1S/C10H12Cl2N2/c11-7-3-8(6-1-2-14-5-6)10(13)9(12)4-7/h3-4,6,14H,1-2,5,13H2. The van der Waals surface area contributed by atoms with Gasteiger partial charge in [-0.05, 0) is 36.6 Å². The number of nitrogen functional groups attached to an aromatic ring is 1. The van der Waals surface area contributed by atoms with Gasteiger partial charge in [-0.1, -0.05) is 23.2 Å². The minimum atomic E-state index is 0.450. The molecule has 0 radical (unpaired) electrons. The van der Waals surface area contributed by atoms with Gasteiger partial charge in [0, 0.05) is 11.6 Å². The molecule has 0 saturated carbocycles. The number of halogens is 2. The van der Waals surface area contributed by atoms with Gasteiger partial charge in [-0.15, -0.1) is 0 Å². The second kappa shape index (κ2) is 3.97. The monoisotopic (exact) mass is 230 g/mol. The number of benzene rings is 1. The molecule has 1 aliphatic heterocycles. The Morgan fingerprint density at radius 3 is 2.79 bits per heavy atom. The molecule has 1 atom stereocenters. The third-order valence-electron chi connectivity index (χ3n) is 2.63. The average molecular weight is 231 g/mol. The Labute approximate surface area is 93.4 Å². The van der Waals surface area contributed by atoms with E-state index in [4.69, 9.17) is 28.9 Å². The molecule has 14 heavy (non-hydrogen) atoms. The first-order valence-electron chi connectivity index (χ1n) is 4.63. The van der Waals surface area contributed by atoms with E-state index in [-0.39, 0.29) is 0 Å². The quantitative estimate of drug-likeness (QED) is 0.729.